The van der Waals surface area contributed by atoms with Gasteiger partial charge in [0, 0.05) is 0 Å². The Labute approximate surface area is 152 Å². The van der Waals surface area contributed by atoms with Gasteiger partial charge >= 0.3 is 11.9 Å². The molecule has 1 aliphatic carbocycles. The third kappa shape index (κ3) is 9.83. The molecule has 0 heterocycles. The van der Waals surface area contributed by atoms with Crippen LogP contribution >= 0.6 is 0 Å². The van der Waals surface area contributed by atoms with E-state index in [0.717, 1.165) is 32.1 Å². The summed E-state index contributed by atoms with van der Waals surface area (Å²) in [5, 5.41) is 8.71. The molecule has 0 aromatic carbocycles. The molecule has 0 aromatic heterocycles. The smallest absolute Gasteiger partial charge is 0.309 e. The Morgan fingerprint density at radius 2 is 1.36 bits per heavy atom. The molecule has 25 heavy (non-hydrogen) atoms. The molecule has 0 radical (unpaired) electrons. The van der Waals surface area contributed by atoms with E-state index in [1.165, 1.54) is 38.5 Å². The number of hydrogen-bond acceptors (Lipinski definition) is 5. The fourth-order valence-electron chi connectivity index (χ4n) is 3.41. The highest BCUT2D eigenvalue weighted by Crippen LogP contribution is 2.30. The van der Waals surface area contributed by atoms with Crippen molar-refractivity contribution in [3.05, 3.63) is 0 Å². The quantitative estimate of drug-likeness (QED) is 0.399. The molecule has 1 saturated carbocycles. The number of carbonyl (C=O) groups excluding carboxylic acids is 2. The first-order valence-corrected chi connectivity index (χ1v) is 10.1. The standard InChI is InChI=1S/C20H36O5/c1-2-3-4-5-6-7-8-9-14-24-19(22)17-11-10-12-18(16-17)20(23)25-15-13-21/h17-18,21H,2-16H2,1H3. The second-order valence-electron chi connectivity index (χ2n) is 7.09. The number of unbranched alkanes of at least 4 members (excludes halogenated alkanes) is 7. The largest absolute Gasteiger partial charge is 0.465 e. The zero-order valence-electron chi connectivity index (χ0n) is 15.8. The van der Waals surface area contributed by atoms with Crippen LogP contribution < -0.4 is 0 Å². The van der Waals surface area contributed by atoms with E-state index in [0.29, 0.717) is 13.0 Å². The fourth-order valence-corrected chi connectivity index (χ4v) is 3.41. The minimum Gasteiger partial charge on any atom is -0.465 e. The maximum Gasteiger partial charge on any atom is 0.309 e. The molecule has 0 aliphatic heterocycles. The van der Waals surface area contributed by atoms with Crippen molar-refractivity contribution in [2.75, 3.05) is 19.8 Å². The Bertz CT molecular complexity index is 369. The molecule has 1 aliphatic rings. The summed E-state index contributed by atoms with van der Waals surface area (Å²) in [6.07, 6.45) is 12.7. The van der Waals surface area contributed by atoms with Gasteiger partial charge in [-0.15, -0.1) is 0 Å². The number of hydrogen-bond donors (Lipinski definition) is 1. The second kappa shape index (κ2) is 14.1. The summed E-state index contributed by atoms with van der Waals surface area (Å²) < 4.78 is 10.4. The average molecular weight is 357 g/mol. The molecule has 5 nitrogen and oxygen atoms in total. The first-order chi connectivity index (χ1) is 12.2. The number of carbonyl (C=O) groups is 2. The van der Waals surface area contributed by atoms with Crippen molar-refractivity contribution < 1.29 is 24.2 Å². The average Bonchev–Trinajstić information content (AvgIpc) is 2.64. The molecular formula is C20H36O5. The van der Waals surface area contributed by atoms with Crippen LogP contribution in [0, 0.1) is 11.8 Å². The van der Waals surface area contributed by atoms with Crippen LogP contribution in [0.2, 0.25) is 0 Å². The van der Waals surface area contributed by atoms with Crippen LogP contribution in [0.4, 0.5) is 0 Å². The van der Waals surface area contributed by atoms with Crippen molar-refractivity contribution in [3.8, 4) is 0 Å². The lowest BCUT2D eigenvalue weighted by molar-refractivity contribution is -0.155. The molecule has 1 fully saturated rings. The van der Waals surface area contributed by atoms with Gasteiger partial charge in [-0.05, 0) is 25.7 Å². The number of rotatable bonds is 13. The number of ether oxygens (including phenoxy) is 2. The molecule has 146 valence electrons. The zero-order chi connectivity index (χ0) is 18.3. The van der Waals surface area contributed by atoms with Gasteiger partial charge in [-0.1, -0.05) is 58.3 Å². The normalized spacial score (nSPS) is 20.2. The third-order valence-corrected chi connectivity index (χ3v) is 4.92. The van der Waals surface area contributed by atoms with E-state index in [2.05, 4.69) is 6.92 Å². The highest BCUT2D eigenvalue weighted by molar-refractivity contribution is 5.76. The lowest BCUT2D eigenvalue weighted by Crippen LogP contribution is -2.30. The van der Waals surface area contributed by atoms with Gasteiger partial charge in [0.15, 0.2) is 0 Å². The summed E-state index contributed by atoms with van der Waals surface area (Å²) in [4.78, 5) is 24.0. The molecule has 2 atom stereocenters. The molecule has 2 unspecified atom stereocenters. The number of esters is 2. The van der Waals surface area contributed by atoms with Gasteiger partial charge in [0.2, 0.25) is 0 Å². The molecule has 0 amide bonds. The Morgan fingerprint density at radius 1 is 0.840 bits per heavy atom. The van der Waals surface area contributed by atoms with Crippen LogP contribution in [0.25, 0.3) is 0 Å². The summed E-state index contributed by atoms with van der Waals surface area (Å²) in [5.41, 5.74) is 0. The minimum absolute atomic E-state index is 0.0306. The van der Waals surface area contributed by atoms with Crippen LogP contribution in [-0.4, -0.2) is 36.9 Å². The molecule has 0 spiro atoms. The highest BCUT2D eigenvalue weighted by Gasteiger charge is 2.32. The fraction of sp³-hybridized carbons (Fsp3) is 0.900. The SMILES string of the molecule is CCCCCCCCCCOC(=O)C1CCCC(C(=O)OCCO)C1. The van der Waals surface area contributed by atoms with E-state index in [1.807, 2.05) is 0 Å². The Hall–Kier alpha value is -1.10. The van der Waals surface area contributed by atoms with Crippen LogP contribution in [0.15, 0.2) is 0 Å². The van der Waals surface area contributed by atoms with E-state index >= 15 is 0 Å². The first kappa shape index (κ1) is 21.9. The lowest BCUT2D eigenvalue weighted by Gasteiger charge is -2.26. The summed E-state index contributed by atoms with van der Waals surface area (Å²) in [5.74, 6) is -0.882. The number of aliphatic hydroxyl groups excluding tert-OH is 1. The summed E-state index contributed by atoms with van der Waals surface area (Å²) in [7, 11) is 0. The van der Waals surface area contributed by atoms with Gasteiger partial charge in [0.25, 0.3) is 0 Å². The monoisotopic (exact) mass is 356 g/mol. The van der Waals surface area contributed by atoms with Crippen LogP contribution in [0.3, 0.4) is 0 Å². The van der Waals surface area contributed by atoms with Crippen molar-refractivity contribution >= 4 is 11.9 Å². The van der Waals surface area contributed by atoms with Crippen molar-refractivity contribution in [2.24, 2.45) is 11.8 Å². The Balaban J connectivity index is 2.10. The van der Waals surface area contributed by atoms with E-state index < -0.39 is 0 Å². The molecule has 0 saturated heterocycles. The maximum absolute atomic E-state index is 12.2. The number of aliphatic hydroxyl groups is 1. The van der Waals surface area contributed by atoms with Crippen molar-refractivity contribution in [3.63, 3.8) is 0 Å². The summed E-state index contributed by atoms with van der Waals surface area (Å²) in [6.45, 7) is 2.58. The van der Waals surface area contributed by atoms with Crippen molar-refractivity contribution in [1.29, 1.82) is 0 Å². The molecule has 1 rings (SSSR count). The van der Waals surface area contributed by atoms with E-state index in [1.54, 1.807) is 0 Å². The van der Waals surface area contributed by atoms with Crippen LogP contribution in [-0.2, 0) is 19.1 Å². The van der Waals surface area contributed by atoms with Gasteiger partial charge < -0.3 is 14.6 Å². The van der Waals surface area contributed by atoms with Crippen LogP contribution in [0.5, 0.6) is 0 Å². The predicted octanol–water partition coefficient (Wildman–Crippen LogP) is 4.01. The van der Waals surface area contributed by atoms with Crippen molar-refractivity contribution in [1.82, 2.24) is 0 Å². The van der Waals surface area contributed by atoms with E-state index in [9.17, 15) is 9.59 Å². The summed E-state index contributed by atoms with van der Waals surface area (Å²) in [6, 6.07) is 0. The molecule has 0 aromatic rings. The van der Waals surface area contributed by atoms with Crippen molar-refractivity contribution in [2.45, 2.75) is 84.0 Å². The zero-order valence-corrected chi connectivity index (χ0v) is 15.8. The summed E-state index contributed by atoms with van der Waals surface area (Å²) >= 11 is 0. The molecule has 0 bridgehead atoms. The molecule has 1 N–H and O–H groups in total. The highest BCUT2D eigenvalue weighted by atomic mass is 16.5. The van der Waals surface area contributed by atoms with Gasteiger partial charge in [-0.3, -0.25) is 9.59 Å². The minimum atomic E-state index is -0.297. The third-order valence-electron chi connectivity index (χ3n) is 4.92. The first-order valence-electron chi connectivity index (χ1n) is 10.1. The van der Waals surface area contributed by atoms with Gasteiger partial charge in [0.1, 0.15) is 6.61 Å². The predicted molar refractivity (Wildman–Crippen MR) is 97.1 cm³/mol. The second-order valence-corrected chi connectivity index (χ2v) is 7.09. The lowest BCUT2D eigenvalue weighted by atomic mass is 9.81. The van der Waals surface area contributed by atoms with Crippen LogP contribution in [0.1, 0.15) is 84.0 Å². The van der Waals surface area contributed by atoms with E-state index in [4.69, 9.17) is 14.6 Å². The Kier molecular flexibility index (Phi) is 12.4. The maximum atomic E-state index is 12.2. The van der Waals surface area contributed by atoms with Gasteiger partial charge in [-0.25, -0.2) is 0 Å². The Morgan fingerprint density at radius 3 is 1.92 bits per heavy atom. The van der Waals surface area contributed by atoms with E-state index in [-0.39, 0.29) is 37.0 Å². The molecule has 5 heteroatoms. The van der Waals surface area contributed by atoms with Gasteiger partial charge in [0.05, 0.1) is 25.0 Å². The molecular weight excluding hydrogens is 320 g/mol. The topological polar surface area (TPSA) is 72.8 Å². The van der Waals surface area contributed by atoms with Gasteiger partial charge in [-0.2, -0.15) is 0 Å².